The summed E-state index contributed by atoms with van der Waals surface area (Å²) in [6, 6.07) is 12.3. The van der Waals surface area contributed by atoms with E-state index in [-0.39, 0.29) is 22.8 Å². The van der Waals surface area contributed by atoms with Gasteiger partial charge < -0.3 is 0 Å². The second-order valence-electron chi connectivity index (χ2n) is 8.24. The van der Waals surface area contributed by atoms with Gasteiger partial charge in [-0.3, -0.25) is 4.79 Å². The molecule has 1 aliphatic rings. The highest BCUT2D eigenvalue weighted by Crippen LogP contribution is 2.41. The van der Waals surface area contributed by atoms with E-state index in [1.807, 2.05) is 12.2 Å². The van der Waals surface area contributed by atoms with Crippen LogP contribution in [0.15, 0.2) is 59.7 Å². The van der Waals surface area contributed by atoms with Crippen molar-refractivity contribution in [2.75, 3.05) is 0 Å². The molecular weight excluding hydrogens is 342 g/mol. The molecule has 0 bridgehead atoms. The third kappa shape index (κ3) is 4.79. The summed E-state index contributed by atoms with van der Waals surface area (Å²) in [5.74, 6) is -0.258. The van der Waals surface area contributed by atoms with Gasteiger partial charge in [0.1, 0.15) is 11.6 Å². The van der Waals surface area contributed by atoms with Crippen molar-refractivity contribution in [2.45, 2.75) is 33.6 Å². The van der Waals surface area contributed by atoms with Crippen LogP contribution in [0.5, 0.6) is 0 Å². The molecule has 0 saturated heterocycles. The minimum absolute atomic E-state index is 0.0177. The maximum absolute atomic E-state index is 13.2. The number of hydrogen-bond acceptors (Lipinski definition) is 1. The largest absolute Gasteiger partial charge is 0.289 e. The van der Waals surface area contributed by atoms with E-state index in [9.17, 15) is 13.6 Å². The van der Waals surface area contributed by atoms with Crippen molar-refractivity contribution in [2.24, 2.45) is 11.3 Å². The Hall–Kier alpha value is -2.55. The van der Waals surface area contributed by atoms with Gasteiger partial charge in [-0.25, -0.2) is 8.78 Å². The molecular formula is C24H24F2O. The molecule has 0 aromatic heterocycles. The third-order valence-electron chi connectivity index (χ3n) is 5.16. The van der Waals surface area contributed by atoms with Gasteiger partial charge in [-0.05, 0) is 71.7 Å². The average molecular weight is 366 g/mol. The smallest absolute Gasteiger partial charge is 0.185 e. The number of carbonyl (C=O) groups is 1. The zero-order valence-corrected chi connectivity index (χ0v) is 15.9. The molecule has 0 amide bonds. The number of Topliss-reactive ketones (excluding diaryl/α,β-unsaturated/α-hetero) is 1. The van der Waals surface area contributed by atoms with E-state index in [0.717, 1.165) is 22.3 Å². The fraction of sp³-hybridized carbons (Fsp3) is 0.292. The fourth-order valence-corrected chi connectivity index (χ4v) is 3.38. The van der Waals surface area contributed by atoms with Crippen LogP contribution in [-0.4, -0.2) is 5.78 Å². The molecule has 0 spiro atoms. The van der Waals surface area contributed by atoms with Gasteiger partial charge in [0, 0.05) is 11.1 Å². The van der Waals surface area contributed by atoms with Gasteiger partial charge in [0.15, 0.2) is 5.78 Å². The molecule has 0 atom stereocenters. The van der Waals surface area contributed by atoms with Crippen molar-refractivity contribution in [1.29, 1.82) is 0 Å². The normalized spacial score (nSPS) is 21.1. The van der Waals surface area contributed by atoms with Crippen LogP contribution in [0.25, 0.3) is 12.2 Å². The zero-order valence-electron chi connectivity index (χ0n) is 15.9. The van der Waals surface area contributed by atoms with E-state index in [2.05, 4.69) is 20.8 Å². The molecule has 0 N–H and O–H groups in total. The molecule has 3 rings (SSSR count). The predicted molar refractivity (Wildman–Crippen MR) is 106 cm³/mol. The predicted octanol–water partition coefficient (Wildman–Crippen LogP) is 6.46. The molecule has 2 aromatic rings. The first-order valence-electron chi connectivity index (χ1n) is 9.19. The zero-order chi connectivity index (χ0) is 19.6. The van der Waals surface area contributed by atoms with E-state index in [4.69, 9.17) is 0 Å². The number of rotatable bonds is 2. The minimum Gasteiger partial charge on any atom is -0.289 e. The molecule has 3 heteroatoms. The van der Waals surface area contributed by atoms with Gasteiger partial charge in [0.25, 0.3) is 0 Å². The summed E-state index contributed by atoms with van der Waals surface area (Å²) in [6.45, 7) is 6.54. The molecule has 1 nitrogen and oxygen atoms in total. The highest BCUT2D eigenvalue weighted by Gasteiger charge is 2.34. The van der Waals surface area contributed by atoms with Crippen molar-refractivity contribution in [3.8, 4) is 0 Å². The summed E-state index contributed by atoms with van der Waals surface area (Å²) in [6.07, 6.45) is 5.11. The first-order valence-corrected chi connectivity index (χ1v) is 9.19. The summed E-state index contributed by atoms with van der Waals surface area (Å²) in [4.78, 5) is 13.1. The van der Waals surface area contributed by atoms with Crippen molar-refractivity contribution in [3.05, 3.63) is 82.4 Å². The SMILES string of the molecule is CC(C)(C)C1C/C(=C\c2ccc(F)cc2)C(=O)/C(=C/c2ccc(F)cc2)C1. The number of allylic oxidation sites excluding steroid dienone is 2. The standard InChI is InChI=1S/C24H24F2O/c1-24(2,3)20-14-18(12-16-4-8-21(25)9-5-16)23(27)19(15-20)13-17-6-10-22(26)11-7-17/h4-13,20H,14-15H2,1-3H3/b18-12+,19-13+. The van der Waals surface area contributed by atoms with Gasteiger partial charge in [-0.15, -0.1) is 0 Å². The average Bonchev–Trinajstić information content (AvgIpc) is 2.61. The van der Waals surface area contributed by atoms with E-state index < -0.39 is 0 Å². The minimum atomic E-state index is -0.295. The van der Waals surface area contributed by atoms with Gasteiger partial charge in [0.05, 0.1) is 0 Å². The summed E-state index contributed by atoms with van der Waals surface area (Å²) in [7, 11) is 0. The van der Waals surface area contributed by atoms with Gasteiger partial charge in [-0.2, -0.15) is 0 Å². The van der Waals surface area contributed by atoms with Crippen molar-refractivity contribution >= 4 is 17.9 Å². The molecule has 1 saturated carbocycles. The Morgan fingerprint density at radius 3 is 1.48 bits per heavy atom. The van der Waals surface area contributed by atoms with Crippen LogP contribution in [-0.2, 0) is 4.79 Å². The van der Waals surface area contributed by atoms with Crippen molar-refractivity contribution < 1.29 is 13.6 Å². The van der Waals surface area contributed by atoms with Crippen molar-refractivity contribution in [1.82, 2.24) is 0 Å². The first kappa shape index (κ1) is 19.2. The van der Waals surface area contributed by atoms with E-state index >= 15 is 0 Å². The summed E-state index contributed by atoms with van der Waals surface area (Å²) in [5.41, 5.74) is 3.15. The number of benzene rings is 2. The Balaban J connectivity index is 1.99. The molecule has 0 radical (unpaired) electrons. The molecule has 1 aliphatic carbocycles. The molecule has 2 aromatic carbocycles. The second-order valence-corrected chi connectivity index (χ2v) is 8.24. The molecule has 0 aliphatic heterocycles. The lowest BCUT2D eigenvalue weighted by Crippen LogP contribution is -2.29. The van der Waals surface area contributed by atoms with Gasteiger partial charge in [0.2, 0.25) is 0 Å². The van der Waals surface area contributed by atoms with Crippen LogP contribution in [0.1, 0.15) is 44.7 Å². The summed E-state index contributed by atoms with van der Waals surface area (Å²) >= 11 is 0. The van der Waals surface area contributed by atoms with Crippen LogP contribution in [0, 0.1) is 23.0 Å². The number of hydrogen-bond donors (Lipinski definition) is 0. The highest BCUT2D eigenvalue weighted by molar-refractivity contribution is 6.14. The van der Waals surface area contributed by atoms with Gasteiger partial charge >= 0.3 is 0 Å². The quantitative estimate of drug-likeness (QED) is 0.558. The number of carbonyl (C=O) groups excluding carboxylic acids is 1. The molecule has 0 unspecified atom stereocenters. The highest BCUT2D eigenvalue weighted by atomic mass is 19.1. The Kier molecular flexibility index (Phi) is 5.41. The first-order chi connectivity index (χ1) is 12.7. The number of halogens is 2. The third-order valence-corrected chi connectivity index (χ3v) is 5.16. The maximum atomic E-state index is 13.2. The van der Waals surface area contributed by atoms with Crippen LogP contribution in [0.4, 0.5) is 8.78 Å². The Bertz CT molecular complexity index is 814. The molecule has 0 heterocycles. The Morgan fingerprint density at radius 2 is 1.15 bits per heavy atom. The number of ketones is 1. The lowest BCUT2D eigenvalue weighted by Gasteiger charge is -2.35. The molecule has 140 valence electrons. The van der Waals surface area contributed by atoms with Crippen molar-refractivity contribution in [3.63, 3.8) is 0 Å². The van der Waals surface area contributed by atoms with Crippen LogP contribution >= 0.6 is 0 Å². The van der Waals surface area contributed by atoms with Crippen LogP contribution < -0.4 is 0 Å². The van der Waals surface area contributed by atoms with E-state index in [0.29, 0.717) is 18.8 Å². The second kappa shape index (κ2) is 7.59. The summed E-state index contributed by atoms with van der Waals surface area (Å²) in [5, 5.41) is 0. The van der Waals surface area contributed by atoms with E-state index in [1.54, 1.807) is 24.3 Å². The lowest BCUT2D eigenvalue weighted by atomic mass is 9.68. The van der Waals surface area contributed by atoms with Crippen LogP contribution in [0.3, 0.4) is 0 Å². The maximum Gasteiger partial charge on any atom is 0.185 e. The fourth-order valence-electron chi connectivity index (χ4n) is 3.38. The Morgan fingerprint density at radius 1 is 0.778 bits per heavy atom. The molecule has 27 heavy (non-hydrogen) atoms. The molecule has 1 fully saturated rings. The summed E-state index contributed by atoms with van der Waals surface area (Å²) < 4.78 is 26.3. The van der Waals surface area contributed by atoms with E-state index in [1.165, 1.54) is 24.3 Å². The monoisotopic (exact) mass is 366 g/mol. The van der Waals surface area contributed by atoms with Gasteiger partial charge in [-0.1, -0.05) is 45.0 Å². The van der Waals surface area contributed by atoms with Crippen LogP contribution in [0.2, 0.25) is 0 Å². The topological polar surface area (TPSA) is 17.1 Å². The Labute approximate surface area is 159 Å². The lowest BCUT2D eigenvalue weighted by molar-refractivity contribution is -0.113.